The molecule has 12 heavy (non-hydrogen) atoms. The number of hydrogen-bond acceptors (Lipinski definition) is 1. The highest BCUT2D eigenvalue weighted by Crippen LogP contribution is 2.02. The van der Waals surface area contributed by atoms with Crippen molar-refractivity contribution in [2.24, 2.45) is 5.92 Å². The topological polar surface area (TPSA) is 9.23 Å². The molecule has 0 rings (SSSR count). The molecular weight excluding hydrogens is 148 g/mol. The van der Waals surface area contributed by atoms with Crippen LogP contribution in [0.3, 0.4) is 0 Å². The average molecular weight is 170 g/mol. The van der Waals surface area contributed by atoms with Crippen LogP contribution in [0, 0.1) is 5.92 Å². The molecule has 0 aromatic rings. The van der Waals surface area contributed by atoms with Crippen LogP contribution >= 0.6 is 0 Å². The van der Waals surface area contributed by atoms with E-state index in [2.05, 4.69) is 26.0 Å². The molecule has 0 heterocycles. The molecule has 0 saturated heterocycles. The Bertz CT molecular complexity index is 106. The number of hydrogen-bond donors (Lipinski definition) is 0. The maximum atomic E-state index is 4.97. The van der Waals surface area contributed by atoms with E-state index in [0.717, 1.165) is 6.61 Å². The first-order valence-corrected chi connectivity index (χ1v) is 4.93. The molecule has 1 nitrogen and oxygen atoms in total. The first-order chi connectivity index (χ1) is 5.77. The lowest BCUT2D eigenvalue weighted by atomic mass is 10.1. The summed E-state index contributed by atoms with van der Waals surface area (Å²) in [5.41, 5.74) is 0. The molecule has 0 aromatic carbocycles. The zero-order valence-electron chi connectivity index (χ0n) is 8.68. The van der Waals surface area contributed by atoms with Crippen LogP contribution in [0.15, 0.2) is 12.2 Å². The Labute approximate surface area is 76.8 Å². The second-order valence-corrected chi connectivity index (χ2v) is 3.51. The molecule has 0 fully saturated rings. The molecule has 72 valence electrons. The van der Waals surface area contributed by atoms with Gasteiger partial charge in [0, 0.05) is 13.7 Å². The van der Waals surface area contributed by atoms with E-state index >= 15 is 0 Å². The standard InChI is InChI=1S/C11H22O/c1-11(2)9-7-5-4-6-8-10-12-3/h7,9,11H,4-6,8,10H2,1-3H3/b9-7-. The lowest BCUT2D eigenvalue weighted by Crippen LogP contribution is -1.87. The largest absolute Gasteiger partial charge is 0.385 e. The van der Waals surface area contributed by atoms with Gasteiger partial charge in [-0.2, -0.15) is 0 Å². The third-order valence-electron chi connectivity index (χ3n) is 1.74. The molecule has 0 amide bonds. The van der Waals surface area contributed by atoms with Gasteiger partial charge in [-0.3, -0.25) is 0 Å². The number of ether oxygens (including phenoxy) is 1. The van der Waals surface area contributed by atoms with Gasteiger partial charge in [0.2, 0.25) is 0 Å². The van der Waals surface area contributed by atoms with Crippen molar-refractivity contribution >= 4 is 0 Å². The van der Waals surface area contributed by atoms with Gasteiger partial charge in [0.1, 0.15) is 0 Å². The summed E-state index contributed by atoms with van der Waals surface area (Å²) in [5, 5.41) is 0. The van der Waals surface area contributed by atoms with Crippen LogP contribution < -0.4 is 0 Å². The zero-order valence-corrected chi connectivity index (χ0v) is 8.68. The third-order valence-corrected chi connectivity index (χ3v) is 1.74. The Balaban J connectivity index is 3.00. The molecule has 0 aromatic heterocycles. The predicted molar refractivity (Wildman–Crippen MR) is 54.3 cm³/mol. The van der Waals surface area contributed by atoms with E-state index < -0.39 is 0 Å². The number of unbranched alkanes of at least 4 members (excludes halogenated alkanes) is 3. The fourth-order valence-corrected chi connectivity index (χ4v) is 1.05. The monoisotopic (exact) mass is 170 g/mol. The van der Waals surface area contributed by atoms with Crippen molar-refractivity contribution in [1.29, 1.82) is 0 Å². The minimum absolute atomic E-state index is 0.698. The van der Waals surface area contributed by atoms with Crippen molar-refractivity contribution in [1.82, 2.24) is 0 Å². The molecule has 0 unspecified atom stereocenters. The van der Waals surface area contributed by atoms with Crippen molar-refractivity contribution in [3.05, 3.63) is 12.2 Å². The first kappa shape index (κ1) is 11.7. The van der Waals surface area contributed by atoms with Gasteiger partial charge in [0.15, 0.2) is 0 Å². The van der Waals surface area contributed by atoms with E-state index in [4.69, 9.17) is 4.74 Å². The second-order valence-electron chi connectivity index (χ2n) is 3.51. The molecule has 0 aliphatic rings. The van der Waals surface area contributed by atoms with Crippen molar-refractivity contribution in [2.45, 2.75) is 39.5 Å². The van der Waals surface area contributed by atoms with Crippen LogP contribution in [0.4, 0.5) is 0 Å². The molecule has 0 atom stereocenters. The number of rotatable bonds is 7. The highest BCUT2D eigenvalue weighted by atomic mass is 16.5. The smallest absolute Gasteiger partial charge is 0.0462 e. The van der Waals surface area contributed by atoms with Crippen LogP contribution in [0.25, 0.3) is 0 Å². The van der Waals surface area contributed by atoms with E-state index in [1.54, 1.807) is 7.11 Å². The quantitative estimate of drug-likeness (QED) is 0.420. The third kappa shape index (κ3) is 9.70. The summed E-state index contributed by atoms with van der Waals surface area (Å²) >= 11 is 0. The zero-order chi connectivity index (χ0) is 9.23. The Morgan fingerprint density at radius 1 is 1.17 bits per heavy atom. The van der Waals surface area contributed by atoms with E-state index in [1.165, 1.54) is 25.7 Å². The van der Waals surface area contributed by atoms with Crippen LogP contribution in [-0.4, -0.2) is 13.7 Å². The molecule has 1 heteroatoms. The Hall–Kier alpha value is -0.300. The molecule has 0 saturated carbocycles. The molecule has 0 aliphatic heterocycles. The average Bonchev–Trinajstić information content (AvgIpc) is 2.02. The van der Waals surface area contributed by atoms with Crippen LogP contribution in [-0.2, 0) is 4.74 Å². The summed E-state index contributed by atoms with van der Waals surface area (Å²) in [5.74, 6) is 0.698. The minimum atomic E-state index is 0.698. The summed E-state index contributed by atoms with van der Waals surface area (Å²) in [6.45, 7) is 5.33. The van der Waals surface area contributed by atoms with Crippen molar-refractivity contribution in [3.63, 3.8) is 0 Å². The molecule has 0 spiro atoms. The van der Waals surface area contributed by atoms with Crippen LogP contribution in [0.1, 0.15) is 39.5 Å². The maximum absolute atomic E-state index is 4.97. The lowest BCUT2D eigenvalue weighted by molar-refractivity contribution is 0.192. The highest BCUT2D eigenvalue weighted by molar-refractivity contribution is 4.83. The normalized spacial score (nSPS) is 11.7. The van der Waals surface area contributed by atoms with Crippen LogP contribution in [0.5, 0.6) is 0 Å². The summed E-state index contributed by atoms with van der Waals surface area (Å²) in [7, 11) is 1.76. The van der Waals surface area contributed by atoms with E-state index in [1.807, 2.05) is 0 Å². The fourth-order valence-electron chi connectivity index (χ4n) is 1.05. The summed E-state index contributed by atoms with van der Waals surface area (Å²) in [4.78, 5) is 0. The molecule has 0 radical (unpaired) electrons. The van der Waals surface area contributed by atoms with Gasteiger partial charge in [0.25, 0.3) is 0 Å². The van der Waals surface area contributed by atoms with Gasteiger partial charge in [-0.1, -0.05) is 32.4 Å². The van der Waals surface area contributed by atoms with Gasteiger partial charge < -0.3 is 4.74 Å². The lowest BCUT2D eigenvalue weighted by Gasteiger charge is -1.97. The Kier molecular flexibility index (Phi) is 8.57. The van der Waals surface area contributed by atoms with E-state index in [0.29, 0.717) is 5.92 Å². The second kappa shape index (κ2) is 8.79. The van der Waals surface area contributed by atoms with Gasteiger partial charge >= 0.3 is 0 Å². The highest BCUT2D eigenvalue weighted by Gasteiger charge is 1.87. The minimum Gasteiger partial charge on any atom is -0.385 e. The van der Waals surface area contributed by atoms with Crippen molar-refractivity contribution in [2.75, 3.05) is 13.7 Å². The van der Waals surface area contributed by atoms with Crippen molar-refractivity contribution in [3.8, 4) is 0 Å². The number of allylic oxidation sites excluding steroid dienone is 2. The van der Waals surface area contributed by atoms with Crippen LogP contribution in [0.2, 0.25) is 0 Å². The summed E-state index contributed by atoms with van der Waals surface area (Å²) < 4.78 is 4.97. The Morgan fingerprint density at radius 2 is 1.92 bits per heavy atom. The van der Waals surface area contributed by atoms with Gasteiger partial charge in [-0.15, -0.1) is 0 Å². The molecular formula is C11H22O. The summed E-state index contributed by atoms with van der Waals surface area (Å²) in [6.07, 6.45) is 9.57. The van der Waals surface area contributed by atoms with E-state index in [9.17, 15) is 0 Å². The Morgan fingerprint density at radius 3 is 2.50 bits per heavy atom. The van der Waals surface area contributed by atoms with Gasteiger partial charge in [-0.05, 0) is 25.2 Å². The summed E-state index contributed by atoms with van der Waals surface area (Å²) in [6, 6.07) is 0. The maximum Gasteiger partial charge on any atom is 0.0462 e. The van der Waals surface area contributed by atoms with Gasteiger partial charge in [0.05, 0.1) is 0 Å². The number of methoxy groups -OCH3 is 1. The molecule has 0 bridgehead atoms. The van der Waals surface area contributed by atoms with Gasteiger partial charge in [-0.25, -0.2) is 0 Å². The van der Waals surface area contributed by atoms with Crippen molar-refractivity contribution < 1.29 is 4.74 Å². The molecule has 0 N–H and O–H groups in total. The SMILES string of the molecule is COCCCCC/C=C\C(C)C. The van der Waals surface area contributed by atoms with E-state index in [-0.39, 0.29) is 0 Å². The fraction of sp³-hybridized carbons (Fsp3) is 0.818. The predicted octanol–water partition coefficient (Wildman–Crippen LogP) is 3.41. The molecule has 0 aliphatic carbocycles. The first-order valence-electron chi connectivity index (χ1n) is 4.93.